The molecule has 0 saturated heterocycles. The first-order chi connectivity index (χ1) is 7.26. The van der Waals surface area contributed by atoms with Crippen molar-refractivity contribution in [2.24, 2.45) is 0 Å². The maximum atomic E-state index is 11.4. The summed E-state index contributed by atoms with van der Waals surface area (Å²) in [6.45, 7) is 3.59. The smallest absolute Gasteiger partial charge is 0.418 e. The Labute approximate surface area is 98.5 Å². The van der Waals surface area contributed by atoms with Gasteiger partial charge in [0.05, 0.1) is 0 Å². The van der Waals surface area contributed by atoms with Crippen molar-refractivity contribution in [3.05, 3.63) is 0 Å². The van der Waals surface area contributed by atoms with Gasteiger partial charge in [-0.15, -0.1) is 0 Å². The van der Waals surface area contributed by atoms with Gasteiger partial charge in [0.15, 0.2) is 0 Å². The molecule has 1 unspecified atom stereocenters. The zero-order chi connectivity index (χ0) is 11.5. The fourth-order valence-electron chi connectivity index (χ4n) is 0.752. The van der Waals surface area contributed by atoms with Crippen LogP contribution in [0.4, 0.5) is 0 Å². The lowest BCUT2D eigenvalue weighted by molar-refractivity contribution is -0.150. The molecule has 0 saturated carbocycles. The van der Waals surface area contributed by atoms with E-state index in [0.29, 0.717) is 12.4 Å². The predicted octanol–water partition coefficient (Wildman–Crippen LogP) is 1.10. The van der Waals surface area contributed by atoms with E-state index in [1.54, 1.807) is 11.8 Å². The van der Waals surface area contributed by atoms with Gasteiger partial charge in [-0.25, -0.2) is 9.59 Å². The van der Waals surface area contributed by atoms with Crippen molar-refractivity contribution in [2.75, 3.05) is 30.1 Å². The summed E-state index contributed by atoms with van der Waals surface area (Å²) in [6, 6.07) is 0. The highest BCUT2D eigenvalue weighted by Crippen LogP contribution is 2.06. The first kappa shape index (κ1) is 14.6. The van der Waals surface area contributed by atoms with E-state index in [9.17, 15) is 9.59 Å². The van der Waals surface area contributed by atoms with Gasteiger partial charge < -0.3 is 9.47 Å². The molecule has 0 aromatic heterocycles. The highest BCUT2D eigenvalue weighted by Gasteiger charge is 2.21. The predicted molar refractivity (Wildman–Crippen MR) is 62.9 cm³/mol. The minimum atomic E-state index is -0.825. The summed E-state index contributed by atoms with van der Waals surface area (Å²) in [6.07, 6.45) is 1.10. The van der Waals surface area contributed by atoms with E-state index in [4.69, 9.17) is 4.74 Å². The summed E-state index contributed by atoms with van der Waals surface area (Å²) in [5, 5.41) is 0. The van der Waals surface area contributed by atoms with Crippen LogP contribution in [0.2, 0.25) is 0 Å². The van der Waals surface area contributed by atoms with Crippen LogP contribution in [0.15, 0.2) is 0 Å². The van der Waals surface area contributed by atoms with Gasteiger partial charge in [-0.2, -0.15) is 23.5 Å². The molecule has 4 nitrogen and oxygen atoms in total. The summed E-state index contributed by atoms with van der Waals surface area (Å²) < 4.78 is 9.45. The zero-order valence-electron chi connectivity index (χ0n) is 8.86. The average Bonchev–Trinajstić information content (AvgIpc) is 2.24. The van der Waals surface area contributed by atoms with Gasteiger partial charge in [0.2, 0.25) is 6.10 Å². The van der Waals surface area contributed by atoms with Gasteiger partial charge in [0, 0.05) is 11.5 Å². The third-order valence-electron chi connectivity index (χ3n) is 1.46. The van der Waals surface area contributed by atoms with E-state index in [1.165, 1.54) is 18.2 Å². The number of rotatable bonds is 9. The maximum absolute atomic E-state index is 11.4. The Hall–Kier alpha value is -0.360. The molecule has 0 aliphatic carbocycles. The number of hydrogen-bond acceptors (Lipinski definition) is 6. The molecule has 0 heterocycles. The second-order valence-electron chi connectivity index (χ2n) is 2.51. The number of ether oxygens (including phenoxy) is 2. The van der Waals surface area contributed by atoms with E-state index >= 15 is 0 Å². The molecule has 1 radical (unpaired) electrons. The van der Waals surface area contributed by atoms with Crippen LogP contribution < -0.4 is 0 Å². The molecule has 0 spiro atoms. The molecule has 87 valence electrons. The van der Waals surface area contributed by atoms with Gasteiger partial charge in [0.25, 0.3) is 0 Å². The molecule has 0 fully saturated rings. The number of esters is 1. The van der Waals surface area contributed by atoms with Crippen LogP contribution in [0.25, 0.3) is 0 Å². The van der Waals surface area contributed by atoms with Gasteiger partial charge in [-0.05, 0) is 12.0 Å². The van der Waals surface area contributed by atoms with Crippen LogP contribution >= 0.6 is 23.5 Å². The Kier molecular flexibility index (Phi) is 9.92. The lowest BCUT2D eigenvalue weighted by atomic mass is 10.4. The Morgan fingerprint density at radius 1 is 1.53 bits per heavy atom. The Bertz CT molecular complexity index is 187. The molecule has 0 aliphatic rings. The molecule has 6 heteroatoms. The number of hydrogen-bond donors (Lipinski definition) is 0. The molecule has 0 aromatic rings. The van der Waals surface area contributed by atoms with Crippen molar-refractivity contribution in [1.82, 2.24) is 0 Å². The van der Waals surface area contributed by atoms with E-state index in [1.807, 2.05) is 13.2 Å². The summed E-state index contributed by atoms with van der Waals surface area (Å²) in [7, 11) is 0. The van der Waals surface area contributed by atoms with Crippen molar-refractivity contribution in [2.45, 2.75) is 13.0 Å². The SMILES string of the molecule is CCSCC(O[C]=O)C(=O)OCCSC. The molecule has 1 atom stereocenters. The minimum absolute atomic E-state index is 0.343. The topological polar surface area (TPSA) is 52.6 Å². The lowest BCUT2D eigenvalue weighted by Gasteiger charge is -2.12. The van der Waals surface area contributed by atoms with Crippen molar-refractivity contribution in [3.63, 3.8) is 0 Å². The first-order valence-corrected chi connectivity index (χ1v) is 7.07. The molecule has 0 N–H and O–H groups in total. The summed E-state index contributed by atoms with van der Waals surface area (Å²) in [5.41, 5.74) is 0. The van der Waals surface area contributed by atoms with Gasteiger partial charge in [-0.1, -0.05) is 6.92 Å². The van der Waals surface area contributed by atoms with Crippen molar-refractivity contribution in [3.8, 4) is 0 Å². The van der Waals surface area contributed by atoms with Crippen LogP contribution in [0, 0.1) is 0 Å². The second-order valence-corrected chi connectivity index (χ2v) is 4.81. The normalized spacial score (nSPS) is 11.9. The van der Waals surface area contributed by atoms with Crippen LogP contribution in [0.1, 0.15) is 6.92 Å². The second kappa shape index (κ2) is 10.2. The largest absolute Gasteiger partial charge is 0.462 e. The van der Waals surface area contributed by atoms with Crippen LogP contribution in [-0.4, -0.2) is 48.7 Å². The molecular formula is C9H15O4S2. The quantitative estimate of drug-likeness (QED) is 0.452. The molecule has 15 heavy (non-hydrogen) atoms. The van der Waals surface area contributed by atoms with Crippen LogP contribution in [0.3, 0.4) is 0 Å². The molecule has 0 bridgehead atoms. The van der Waals surface area contributed by atoms with Crippen molar-refractivity contribution in [1.29, 1.82) is 0 Å². The van der Waals surface area contributed by atoms with E-state index < -0.39 is 12.1 Å². The van der Waals surface area contributed by atoms with Gasteiger partial charge in [-0.3, -0.25) is 0 Å². The minimum Gasteiger partial charge on any atom is -0.462 e. The van der Waals surface area contributed by atoms with Crippen LogP contribution in [-0.2, 0) is 19.1 Å². The van der Waals surface area contributed by atoms with E-state index in [-0.39, 0.29) is 0 Å². The summed E-state index contributed by atoms with van der Waals surface area (Å²) in [4.78, 5) is 21.4. The van der Waals surface area contributed by atoms with Crippen LogP contribution in [0.5, 0.6) is 0 Å². The van der Waals surface area contributed by atoms with Gasteiger partial charge >= 0.3 is 12.4 Å². The molecule has 0 amide bonds. The Morgan fingerprint density at radius 3 is 2.80 bits per heavy atom. The molecular weight excluding hydrogens is 236 g/mol. The van der Waals surface area contributed by atoms with Crippen molar-refractivity contribution < 1.29 is 19.1 Å². The van der Waals surface area contributed by atoms with Crippen molar-refractivity contribution >= 4 is 36.0 Å². The Morgan fingerprint density at radius 2 is 2.27 bits per heavy atom. The van der Waals surface area contributed by atoms with E-state index in [2.05, 4.69) is 4.74 Å². The average molecular weight is 251 g/mol. The first-order valence-electron chi connectivity index (χ1n) is 4.52. The number of thioether (sulfide) groups is 2. The fraction of sp³-hybridized carbons (Fsp3) is 0.778. The zero-order valence-corrected chi connectivity index (χ0v) is 10.5. The molecule has 0 aromatic carbocycles. The third kappa shape index (κ3) is 7.56. The maximum Gasteiger partial charge on any atom is 0.418 e. The summed E-state index contributed by atoms with van der Waals surface area (Å²) in [5.74, 6) is 1.53. The lowest BCUT2D eigenvalue weighted by Crippen LogP contribution is -2.29. The third-order valence-corrected chi connectivity index (χ3v) is 2.98. The Balaban J connectivity index is 3.86. The molecule has 0 aliphatic heterocycles. The molecule has 0 rings (SSSR count). The van der Waals surface area contributed by atoms with E-state index in [0.717, 1.165) is 11.5 Å². The fourth-order valence-corrected chi connectivity index (χ4v) is 1.66. The monoisotopic (exact) mass is 251 g/mol. The standard InChI is InChI=1S/C9H15O4S2/c1-3-15-6-8(13-7-10)9(11)12-4-5-14-2/h8H,3-6H2,1-2H3. The highest BCUT2D eigenvalue weighted by molar-refractivity contribution is 7.99. The summed E-state index contributed by atoms with van der Waals surface area (Å²) >= 11 is 3.10. The number of carbonyl (C=O) groups is 1. The number of carbonyl (C=O) groups excluding carboxylic acids is 2. The van der Waals surface area contributed by atoms with Gasteiger partial charge in [0.1, 0.15) is 6.61 Å². The highest BCUT2D eigenvalue weighted by atomic mass is 32.2.